The third-order valence-corrected chi connectivity index (χ3v) is 1.39. The van der Waals surface area contributed by atoms with E-state index in [4.69, 9.17) is 0 Å². The van der Waals surface area contributed by atoms with Crippen molar-refractivity contribution in [1.29, 1.82) is 0 Å². The zero-order chi connectivity index (χ0) is 10.4. The van der Waals surface area contributed by atoms with Crippen LogP contribution in [-0.2, 0) is 4.79 Å². The van der Waals surface area contributed by atoms with Crippen molar-refractivity contribution in [2.75, 3.05) is 14.1 Å². The Balaban J connectivity index is 4.84. The molecular formula is C11H17NO. The quantitative estimate of drug-likeness (QED) is 0.480. The van der Waals surface area contributed by atoms with Crippen molar-refractivity contribution in [1.82, 2.24) is 4.90 Å². The fourth-order valence-corrected chi connectivity index (χ4v) is 0.877. The molecule has 0 aromatic rings. The van der Waals surface area contributed by atoms with Crippen molar-refractivity contribution in [3.8, 4) is 0 Å². The van der Waals surface area contributed by atoms with Gasteiger partial charge in [0, 0.05) is 19.7 Å². The Morgan fingerprint density at radius 2 is 1.85 bits per heavy atom. The maximum Gasteiger partial charge on any atom is 0.253 e. The summed E-state index contributed by atoms with van der Waals surface area (Å²) in [4.78, 5) is 13.1. The maximum absolute atomic E-state index is 11.5. The molecule has 0 spiro atoms. The average Bonchev–Trinajstić information content (AvgIpc) is 2.01. The van der Waals surface area contributed by atoms with Crippen LogP contribution in [0.25, 0.3) is 0 Å². The van der Waals surface area contributed by atoms with Crippen molar-refractivity contribution < 1.29 is 4.79 Å². The number of allylic oxidation sites excluding steroid dienone is 3. The number of carbonyl (C=O) groups is 1. The number of rotatable bonds is 3. The predicted octanol–water partition coefficient (Wildman–Crippen LogP) is 2.15. The highest BCUT2D eigenvalue weighted by atomic mass is 16.2. The fraction of sp³-hybridized carbons (Fsp3) is 0.364. The second-order valence-corrected chi connectivity index (χ2v) is 3.28. The molecule has 0 heterocycles. The summed E-state index contributed by atoms with van der Waals surface area (Å²) in [6, 6.07) is 0. The molecule has 0 unspecified atom stereocenters. The third-order valence-electron chi connectivity index (χ3n) is 1.39. The summed E-state index contributed by atoms with van der Waals surface area (Å²) >= 11 is 0. The Bertz CT molecular complexity index is 255. The molecule has 0 aliphatic heterocycles. The monoisotopic (exact) mass is 179 g/mol. The number of hydrogen-bond donors (Lipinski definition) is 0. The summed E-state index contributed by atoms with van der Waals surface area (Å²) in [6.07, 6.45) is 5.19. The second kappa shape index (κ2) is 5.36. The summed E-state index contributed by atoms with van der Waals surface area (Å²) in [5.41, 5.74) is 1.77. The van der Waals surface area contributed by atoms with Crippen molar-refractivity contribution in [3.05, 3.63) is 36.0 Å². The van der Waals surface area contributed by atoms with Crippen LogP contribution in [0.5, 0.6) is 0 Å². The van der Waals surface area contributed by atoms with Crippen molar-refractivity contribution in [3.63, 3.8) is 0 Å². The van der Waals surface area contributed by atoms with E-state index in [1.165, 1.54) is 0 Å². The van der Waals surface area contributed by atoms with Gasteiger partial charge in [-0.05, 0) is 13.8 Å². The predicted molar refractivity (Wildman–Crippen MR) is 56.4 cm³/mol. The summed E-state index contributed by atoms with van der Waals surface area (Å²) in [7, 11) is 3.47. The minimum absolute atomic E-state index is 0.00102. The highest BCUT2D eigenvalue weighted by Gasteiger charge is 2.07. The molecule has 0 atom stereocenters. The van der Waals surface area contributed by atoms with Gasteiger partial charge in [-0.25, -0.2) is 0 Å². The lowest BCUT2D eigenvalue weighted by Gasteiger charge is -2.10. The zero-order valence-electron chi connectivity index (χ0n) is 8.79. The molecule has 0 saturated carbocycles. The van der Waals surface area contributed by atoms with Gasteiger partial charge in [-0.15, -0.1) is 0 Å². The van der Waals surface area contributed by atoms with Gasteiger partial charge in [-0.2, -0.15) is 0 Å². The van der Waals surface area contributed by atoms with Crippen LogP contribution in [0.1, 0.15) is 13.8 Å². The van der Waals surface area contributed by atoms with Crippen LogP contribution in [0.4, 0.5) is 0 Å². The van der Waals surface area contributed by atoms with Gasteiger partial charge < -0.3 is 4.90 Å². The van der Waals surface area contributed by atoms with Crippen LogP contribution < -0.4 is 0 Å². The Morgan fingerprint density at radius 3 is 2.15 bits per heavy atom. The number of nitrogens with zero attached hydrogens (tertiary/aromatic N) is 1. The number of amides is 1. The van der Waals surface area contributed by atoms with E-state index in [0.29, 0.717) is 5.57 Å². The van der Waals surface area contributed by atoms with Crippen LogP contribution in [0.2, 0.25) is 0 Å². The molecule has 0 radical (unpaired) electrons. The van der Waals surface area contributed by atoms with E-state index < -0.39 is 0 Å². The minimum Gasteiger partial charge on any atom is -0.345 e. The lowest BCUT2D eigenvalue weighted by Crippen LogP contribution is -2.22. The van der Waals surface area contributed by atoms with E-state index in [1.807, 2.05) is 19.9 Å². The molecule has 0 N–H and O–H groups in total. The van der Waals surface area contributed by atoms with Crippen molar-refractivity contribution >= 4 is 5.91 Å². The molecule has 0 aromatic heterocycles. The van der Waals surface area contributed by atoms with Gasteiger partial charge in [0.1, 0.15) is 0 Å². The molecule has 13 heavy (non-hydrogen) atoms. The highest BCUT2D eigenvalue weighted by molar-refractivity contribution is 5.96. The van der Waals surface area contributed by atoms with Crippen LogP contribution in [0, 0.1) is 0 Å². The zero-order valence-corrected chi connectivity index (χ0v) is 8.79. The average molecular weight is 179 g/mol. The first-order chi connectivity index (χ1) is 5.99. The molecule has 2 heteroatoms. The Kier molecular flexibility index (Phi) is 4.82. The van der Waals surface area contributed by atoms with E-state index in [-0.39, 0.29) is 5.91 Å². The molecule has 0 aliphatic carbocycles. The summed E-state index contributed by atoms with van der Waals surface area (Å²) in [6.45, 7) is 7.49. The summed E-state index contributed by atoms with van der Waals surface area (Å²) < 4.78 is 0. The third kappa shape index (κ3) is 4.31. The molecule has 0 rings (SSSR count). The van der Waals surface area contributed by atoms with Gasteiger partial charge >= 0.3 is 0 Å². The molecular weight excluding hydrogens is 162 g/mol. The molecule has 0 aromatic carbocycles. The molecule has 0 fully saturated rings. The Morgan fingerprint density at radius 1 is 1.31 bits per heavy atom. The first-order valence-corrected chi connectivity index (χ1v) is 4.18. The molecule has 72 valence electrons. The molecule has 0 saturated heterocycles. The first kappa shape index (κ1) is 11.7. The second-order valence-electron chi connectivity index (χ2n) is 3.28. The van der Waals surface area contributed by atoms with Crippen LogP contribution >= 0.6 is 0 Å². The number of carbonyl (C=O) groups excluding carboxylic acids is 1. The van der Waals surface area contributed by atoms with Crippen LogP contribution in [0.3, 0.4) is 0 Å². The molecule has 2 nitrogen and oxygen atoms in total. The van der Waals surface area contributed by atoms with Crippen molar-refractivity contribution in [2.24, 2.45) is 0 Å². The summed E-state index contributed by atoms with van der Waals surface area (Å²) in [5, 5.41) is 0. The van der Waals surface area contributed by atoms with E-state index in [2.05, 4.69) is 6.58 Å². The topological polar surface area (TPSA) is 20.3 Å². The van der Waals surface area contributed by atoms with E-state index in [1.54, 1.807) is 31.1 Å². The highest BCUT2D eigenvalue weighted by Crippen LogP contribution is 2.05. The standard InChI is InChI=1S/C11H17NO/c1-6-7-10(8-9(2)3)11(13)12(4)5/h6-8H,1H2,2-5H3/b10-7+. The molecule has 0 bridgehead atoms. The van der Waals surface area contributed by atoms with Crippen molar-refractivity contribution in [2.45, 2.75) is 13.8 Å². The van der Waals surface area contributed by atoms with Crippen LogP contribution in [-0.4, -0.2) is 24.9 Å². The van der Waals surface area contributed by atoms with Gasteiger partial charge in [0.05, 0.1) is 0 Å². The number of likely N-dealkylation sites (N-methyl/N-ethyl adjacent to an activating group) is 1. The van der Waals surface area contributed by atoms with Gasteiger partial charge in [-0.1, -0.05) is 30.4 Å². The van der Waals surface area contributed by atoms with Gasteiger partial charge in [0.25, 0.3) is 5.91 Å². The maximum atomic E-state index is 11.5. The van der Waals surface area contributed by atoms with Crippen LogP contribution in [0.15, 0.2) is 36.0 Å². The molecule has 0 aliphatic rings. The largest absolute Gasteiger partial charge is 0.345 e. The summed E-state index contributed by atoms with van der Waals surface area (Å²) in [5.74, 6) is 0.00102. The Labute approximate surface area is 80.2 Å². The molecule has 1 amide bonds. The first-order valence-electron chi connectivity index (χ1n) is 4.18. The van der Waals surface area contributed by atoms with E-state index >= 15 is 0 Å². The fourth-order valence-electron chi connectivity index (χ4n) is 0.877. The SMILES string of the molecule is C=C/C=C(\C=C(C)C)C(=O)N(C)C. The van der Waals surface area contributed by atoms with E-state index in [9.17, 15) is 4.79 Å². The van der Waals surface area contributed by atoms with Gasteiger partial charge in [0.2, 0.25) is 0 Å². The van der Waals surface area contributed by atoms with Gasteiger partial charge in [0.15, 0.2) is 0 Å². The lowest BCUT2D eigenvalue weighted by molar-refractivity contribution is -0.124. The van der Waals surface area contributed by atoms with Gasteiger partial charge in [-0.3, -0.25) is 4.79 Å². The lowest BCUT2D eigenvalue weighted by atomic mass is 10.1. The Hall–Kier alpha value is -1.31. The van der Waals surface area contributed by atoms with E-state index in [0.717, 1.165) is 5.57 Å². The minimum atomic E-state index is 0.00102. The normalized spacial score (nSPS) is 10.6. The number of hydrogen-bond acceptors (Lipinski definition) is 1. The smallest absolute Gasteiger partial charge is 0.253 e.